The summed E-state index contributed by atoms with van der Waals surface area (Å²) in [6.45, 7) is 1.99. The molecule has 0 aromatic heterocycles. The molecule has 2 aromatic rings. The third kappa shape index (κ3) is 3.44. The highest BCUT2D eigenvalue weighted by molar-refractivity contribution is 6.31. The average molecular weight is 259 g/mol. The van der Waals surface area contributed by atoms with Crippen molar-refractivity contribution in [2.24, 2.45) is 0 Å². The Balaban J connectivity index is 2.03. The van der Waals surface area contributed by atoms with E-state index < -0.39 is 0 Å². The lowest BCUT2D eigenvalue weighted by Crippen LogP contribution is -2.06. The first-order chi connectivity index (χ1) is 8.65. The van der Waals surface area contributed by atoms with Gasteiger partial charge in [0.15, 0.2) is 0 Å². The van der Waals surface area contributed by atoms with Gasteiger partial charge in [-0.1, -0.05) is 54.1 Å². The largest absolute Gasteiger partial charge is 0.299 e. The van der Waals surface area contributed by atoms with Gasteiger partial charge in [0.1, 0.15) is 5.78 Å². The molecule has 0 heterocycles. The van der Waals surface area contributed by atoms with E-state index >= 15 is 0 Å². The summed E-state index contributed by atoms with van der Waals surface area (Å²) in [6, 6.07) is 15.6. The molecule has 18 heavy (non-hydrogen) atoms. The highest BCUT2D eigenvalue weighted by Gasteiger charge is 2.08. The molecule has 2 aromatic carbocycles. The number of aryl methyl sites for hydroxylation is 1. The van der Waals surface area contributed by atoms with Crippen molar-refractivity contribution in [2.75, 3.05) is 0 Å². The van der Waals surface area contributed by atoms with Crippen LogP contribution in [-0.4, -0.2) is 5.78 Å². The van der Waals surface area contributed by atoms with Crippen LogP contribution < -0.4 is 0 Å². The minimum absolute atomic E-state index is 0.187. The zero-order valence-corrected chi connectivity index (χ0v) is 11.1. The second-order valence-corrected chi connectivity index (χ2v) is 4.88. The molecule has 0 aliphatic carbocycles. The van der Waals surface area contributed by atoms with E-state index in [0.717, 1.165) is 16.7 Å². The fourth-order valence-corrected chi connectivity index (χ4v) is 2.20. The van der Waals surface area contributed by atoms with Crippen LogP contribution in [0.2, 0.25) is 5.02 Å². The Morgan fingerprint density at radius 1 is 1.06 bits per heavy atom. The third-order valence-corrected chi connectivity index (χ3v) is 3.19. The molecule has 0 unspecified atom stereocenters. The van der Waals surface area contributed by atoms with Crippen molar-refractivity contribution in [3.8, 4) is 0 Å². The lowest BCUT2D eigenvalue weighted by molar-refractivity contribution is -0.117. The number of carbonyl (C=O) groups excluding carboxylic acids is 1. The molecule has 0 amide bonds. The van der Waals surface area contributed by atoms with Crippen molar-refractivity contribution in [2.45, 2.75) is 19.8 Å². The van der Waals surface area contributed by atoms with E-state index in [0.29, 0.717) is 17.9 Å². The van der Waals surface area contributed by atoms with E-state index in [4.69, 9.17) is 11.6 Å². The van der Waals surface area contributed by atoms with E-state index in [9.17, 15) is 4.79 Å². The fourth-order valence-electron chi connectivity index (χ4n) is 1.89. The number of benzene rings is 2. The van der Waals surface area contributed by atoms with Gasteiger partial charge >= 0.3 is 0 Å². The van der Waals surface area contributed by atoms with Crippen molar-refractivity contribution in [3.05, 3.63) is 70.2 Å². The molecule has 0 saturated carbocycles. The number of hydrogen-bond donors (Lipinski definition) is 0. The van der Waals surface area contributed by atoms with Gasteiger partial charge in [0.2, 0.25) is 0 Å². The minimum atomic E-state index is 0.187. The lowest BCUT2D eigenvalue weighted by atomic mass is 10.0. The summed E-state index contributed by atoms with van der Waals surface area (Å²) in [4.78, 5) is 12.0. The van der Waals surface area contributed by atoms with Gasteiger partial charge in [-0.05, 0) is 29.7 Å². The van der Waals surface area contributed by atoms with Crippen LogP contribution in [0.5, 0.6) is 0 Å². The van der Waals surface area contributed by atoms with E-state index in [1.807, 2.05) is 55.5 Å². The summed E-state index contributed by atoms with van der Waals surface area (Å²) >= 11 is 6.12. The van der Waals surface area contributed by atoms with Crippen LogP contribution in [0.3, 0.4) is 0 Å². The first-order valence-electron chi connectivity index (χ1n) is 5.96. The number of carbonyl (C=O) groups is 1. The fraction of sp³-hybridized carbons (Fsp3) is 0.188. The molecule has 1 nitrogen and oxygen atoms in total. The Kier molecular flexibility index (Phi) is 4.16. The SMILES string of the molecule is Cc1ccc(CC(=O)Cc2ccccc2)c(Cl)c1. The zero-order valence-electron chi connectivity index (χ0n) is 10.3. The summed E-state index contributed by atoms with van der Waals surface area (Å²) < 4.78 is 0. The van der Waals surface area contributed by atoms with Crippen molar-refractivity contribution in [3.63, 3.8) is 0 Å². The summed E-state index contributed by atoms with van der Waals surface area (Å²) in [5.41, 5.74) is 3.06. The van der Waals surface area contributed by atoms with Gasteiger partial charge in [0, 0.05) is 17.9 Å². The van der Waals surface area contributed by atoms with Gasteiger partial charge in [-0.3, -0.25) is 4.79 Å². The first-order valence-corrected chi connectivity index (χ1v) is 6.33. The van der Waals surface area contributed by atoms with Crippen molar-refractivity contribution in [1.82, 2.24) is 0 Å². The van der Waals surface area contributed by atoms with Gasteiger partial charge in [0.25, 0.3) is 0 Å². The number of ketones is 1. The van der Waals surface area contributed by atoms with Crippen LogP contribution in [-0.2, 0) is 17.6 Å². The van der Waals surface area contributed by atoms with E-state index in [1.165, 1.54) is 0 Å². The predicted octanol–water partition coefficient (Wildman–Crippen LogP) is 4.00. The van der Waals surface area contributed by atoms with Crippen LogP contribution >= 0.6 is 11.6 Å². The van der Waals surface area contributed by atoms with Gasteiger partial charge < -0.3 is 0 Å². The monoisotopic (exact) mass is 258 g/mol. The van der Waals surface area contributed by atoms with Gasteiger partial charge in [-0.15, -0.1) is 0 Å². The zero-order chi connectivity index (χ0) is 13.0. The number of Topliss-reactive ketones (excluding diaryl/α,β-unsaturated/α-hetero) is 1. The molecular weight excluding hydrogens is 244 g/mol. The summed E-state index contributed by atoms with van der Waals surface area (Å²) in [5, 5.41) is 0.677. The molecule has 0 aliphatic rings. The maximum Gasteiger partial charge on any atom is 0.141 e. The molecule has 0 N–H and O–H groups in total. The topological polar surface area (TPSA) is 17.1 Å². The highest BCUT2D eigenvalue weighted by Crippen LogP contribution is 2.18. The molecular formula is C16H15ClO. The van der Waals surface area contributed by atoms with Crippen molar-refractivity contribution in [1.29, 1.82) is 0 Å². The maximum atomic E-state index is 12.0. The molecule has 0 fully saturated rings. The highest BCUT2D eigenvalue weighted by atomic mass is 35.5. The van der Waals surface area contributed by atoms with Crippen LogP contribution in [0.4, 0.5) is 0 Å². The average Bonchev–Trinajstić information content (AvgIpc) is 2.34. The van der Waals surface area contributed by atoms with Crippen LogP contribution in [0, 0.1) is 6.92 Å². The normalized spacial score (nSPS) is 10.3. The second kappa shape index (κ2) is 5.83. The minimum Gasteiger partial charge on any atom is -0.299 e. The summed E-state index contributed by atoms with van der Waals surface area (Å²) in [6.07, 6.45) is 0.860. The molecule has 0 saturated heterocycles. The van der Waals surface area contributed by atoms with E-state index in [-0.39, 0.29) is 5.78 Å². The van der Waals surface area contributed by atoms with Crippen molar-refractivity contribution < 1.29 is 4.79 Å². The van der Waals surface area contributed by atoms with Gasteiger partial charge in [0.05, 0.1) is 0 Å². The molecule has 0 aliphatic heterocycles. The summed E-state index contributed by atoms with van der Waals surface area (Å²) in [5.74, 6) is 0.187. The lowest BCUT2D eigenvalue weighted by Gasteiger charge is -2.05. The van der Waals surface area contributed by atoms with Gasteiger partial charge in [-0.25, -0.2) is 0 Å². The Morgan fingerprint density at radius 3 is 2.44 bits per heavy atom. The van der Waals surface area contributed by atoms with E-state index in [1.54, 1.807) is 0 Å². The predicted molar refractivity (Wildman–Crippen MR) is 75.0 cm³/mol. The first kappa shape index (κ1) is 12.8. The molecule has 0 atom stereocenters. The third-order valence-electron chi connectivity index (χ3n) is 2.84. The van der Waals surface area contributed by atoms with Crippen LogP contribution in [0.25, 0.3) is 0 Å². The number of rotatable bonds is 4. The molecule has 92 valence electrons. The van der Waals surface area contributed by atoms with E-state index in [2.05, 4.69) is 0 Å². The molecule has 2 rings (SSSR count). The molecule has 0 spiro atoms. The number of hydrogen-bond acceptors (Lipinski definition) is 1. The van der Waals surface area contributed by atoms with Crippen LogP contribution in [0.15, 0.2) is 48.5 Å². The Morgan fingerprint density at radius 2 is 1.78 bits per heavy atom. The Labute approximate surface area is 112 Å². The quantitative estimate of drug-likeness (QED) is 0.810. The smallest absolute Gasteiger partial charge is 0.141 e. The Hall–Kier alpha value is -1.60. The summed E-state index contributed by atoms with van der Waals surface area (Å²) in [7, 11) is 0. The molecule has 0 bridgehead atoms. The van der Waals surface area contributed by atoms with Crippen LogP contribution in [0.1, 0.15) is 16.7 Å². The molecule has 2 heteroatoms. The second-order valence-electron chi connectivity index (χ2n) is 4.47. The van der Waals surface area contributed by atoms with Gasteiger partial charge in [-0.2, -0.15) is 0 Å². The standard InChI is InChI=1S/C16H15ClO/c1-12-7-8-14(16(17)9-12)11-15(18)10-13-5-3-2-4-6-13/h2-9H,10-11H2,1H3. The Bertz CT molecular complexity index is 546. The van der Waals surface area contributed by atoms with Crippen molar-refractivity contribution >= 4 is 17.4 Å². The number of halogens is 1. The molecule has 0 radical (unpaired) electrons. The maximum absolute atomic E-state index is 12.0.